The maximum Gasteiger partial charge on any atom is 0.246 e. The van der Waals surface area contributed by atoms with Crippen LogP contribution >= 0.6 is 0 Å². The largest absolute Gasteiger partial charge is 0.365 e. The molecular weight excluding hydrogens is 262 g/mol. The lowest BCUT2D eigenvalue weighted by Gasteiger charge is -2.43. The minimum absolute atomic E-state index is 0.0145. The van der Waals surface area contributed by atoms with Crippen molar-refractivity contribution in [3.63, 3.8) is 0 Å². The van der Waals surface area contributed by atoms with Gasteiger partial charge in [0.25, 0.3) is 0 Å². The van der Waals surface area contributed by atoms with E-state index in [1.165, 1.54) is 0 Å². The number of carbonyl (C=O) groups is 1. The normalized spacial score (nSPS) is 25.5. The molecule has 21 heavy (non-hydrogen) atoms. The highest BCUT2D eigenvalue weighted by Gasteiger charge is 2.42. The Morgan fingerprint density at radius 3 is 2.43 bits per heavy atom. The van der Waals surface area contributed by atoms with Crippen LogP contribution in [0.25, 0.3) is 0 Å². The first-order valence-electron chi connectivity index (χ1n) is 7.46. The van der Waals surface area contributed by atoms with Crippen LogP contribution < -0.4 is 5.32 Å². The molecule has 2 rings (SSSR count). The number of amidine groups is 1. The molecule has 1 aliphatic heterocycles. The zero-order valence-corrected chi connectivity index (χ0v) is 13.6. The minimum Gasteiger partial charge on any atom is -0.365 e. The molecule has 0 unspecified atom stereocenters. The molecule has 4 nitrogen and oxygen atoms in total. The van der Waals surface area contributed by atoms with Crippen LogP contribution in [0.1, 0.15) is 26.3 Å². The number of hydrogen-bond acceptors (Lipinski definition) is 3. The van der Waals surface area contributed by atoms with Crippen molar-refractivity contribution in [2.24, 2.45) is 10.9 Å². The fraction of sp³-hybridized carbons (Fsp3) is 0.529. The smallest absolute Gasteiger partial charge is 0.246 e. The summed E-state index contributed by atoms with van der Waals surface area (Å²) in [5, 5.41) is 3.18. The molecule has 0 bridgehead atoms. The maximum absolute atomic E-state index is 12.5. The summed E-state index contributed by atoms with van der Waals surface area (Å²) < 4.78 is 0. The van der Waals surface area contributed by atoms with Crippen LogP contribution in [-0.2, 0) is 11.2 Å². The average molecular weight is 287 g/mol. The molecule has 1 heterocycles. The summed E-state index contributed by atoms with van der Waals surface area (Å²) in [4.78, 5) is 19.2. The lowest BCUT2D eigenvalue weighted by Crippen LogP contribution is -2.64. The predicted octanol–water partition coefficient (Wildman–Crippen LogP) is 2.10. The molecule has 0 aliphatic carbocycles. The number of aliphatic imine (C=N–C) groups is 1. The van der Waals surface area contributed by atoms with E-state index < -0.39 is 5.54 Å². The highest BCUT2D eigenvalue weighted by Crippen LogP contribution is 2.25. The zero-order chi connectivity index (χ0) is 15.6. The number of nitrogens with one attached hydrogen (secondary N) is 1. The molecule has 1 aliphatic rings. The van der Waals surface area contributed by atoms with Crippen molar-refractivity contribution in [3.05, 3.63) is 35.9 Å². The van der Waals surface area contributed by atoms with Crippen molar-refractivity contribution in [3.8, 4) is 0 Å². The number of benzene rings is 1. The van der Waals surface area contributed by atoms with Gasteiger partial charge in [0.15, 0.2) is 0 Å². The summed E-state index contributed by atoms with van der Waals surface area (Å²) >= 11 is 0. The van der Waals surface area contributed by atoms with E-state index in [0.717, 1.165) is 11.4 Å². The van der Waals surface area contributed by atoms with Gasteiger partial charge in [-0.05, 0) is 18.4 Å². The van der Waals surface area contributed by atoms with Gasteiger partial charge in [0.2, 0.25) is 5.91 Å². The van der Waals surface area contributed by atoms with Gasteiger partial charge in [-0.1, -0.05) is 44.2 Å². The molecule has 0 aromatic heterocycles. The summed E-state index contributed by atoms with van der Waals surface area (Å²) in [5.41, 5.74) is 0.723. The monoisotopic (exact) mass is 287 g/mol. The third-order valence-corrected chi connectivity index (χ3v) is 4.28. The fourth-order valence-corrected chi connectivity index (χ4v) is 2.69. The van der Waals surface area contributed by atoms with Crippen LogP contribution in [0.15, 0.2) is 35.3 Å². The first-order chi connectivity index (χ1) is 9.84. The summed E-state index contributed by atoms with van der Waals surface area (Å²) in [7, 11) is 3.97. The molecule has 1 N–H and O–H groups in total. The van der Waals surface area contributed by atoms with Crippen LogP contribution in [0, 0.1) is 5.92 Å². The van der Waals surface area contributed by atoms with E-state index in [9.17, 15) is 4.79 Å². The van der Waals surface area contributed by atoms with Crippen LogP contribution in [0.2, 0.25) is 0 Å². The first-order valence-corrected chi connectivity index (χ1v) is 7.46. The number of amides is 1. The van der Waals surface area contributed by atoms with Gasteiger partial charge in [-0.3, -0.25) is 9.79 Å². The molecule has 114 valence electrons. The molecule has 0 spiro atoms. The Morgan fingerprint density at radius 2 is 1.90 bits per heavy atom. The molecule has 0 saturated carbocycles. The summed E-state index contributed by atoms with van der Waals surface area (Å²) in [6, 6.07) is 9.68. The van der Waals surface area contributed by atoms with Gasteiger partial charge >= 0.3 is 0 Å². The molecular formula is C17H25N3O. The molecule has 1 aromatic carbocycles. The Labute approximate surface area is 127 Å². The van der Waals surface area contributed by atoms with E-state index in [0.29, 0.717) is 6.42 Å². The number of nitrogens with zero attached hydrogens (tertiary/aromatic N) is 2. The lowest BCUT2D eigenvalue weighted by atomic mass is 9.84. The second-order valence-electron chi connectivity index (χ2n) is 6.40. The number of carbonyl (C=O) groups excluding carboxylic acids is 1. The lowest BCUT2D eigenvalue weighted by molar-refractivity contribution is -0.124. The minimum atomic E-state index is -0.409. The molecule has 0 radical (unpaired) electrons. The second kappa shape index (κ2) is 5.88. The van der Waals surface area contributed by atoms with Gasteiger partial charge in [0, 0.05) is 20.5 Å². The fourth-order valence-electron chi connectivity index (χ4n) is 2.69. The van der Waals surface area contributed by atoms with Crippen molar-refractivity contribution < 1.29 is 4.79 Å². The quantitative estimate of drug-likeness (QED) is 0.925. The van der Waals surface area contributed by atoms with Crippen LogP contribution in [0.3, 0.4) is 0 Å². The molecule has 0 fully saturated rings. The third-order valence-electron chi connectivity index (χ3n) is 4.28. The highest BCUT2D eigenvalue weighted by molar-refractivity contribution is 6.01. The third kappa shape index (κ3) is 3.09. The summed E-state index contributed by atoms with van der Waals surface area (Å²) in [6.07, 6.45) is 0.637. The zero-order valence-electron chi connectivity index (χ0n) is 13.6. The Kier molecular flexibility index (Phi) is 4.35. The Bertz CT molecular complexity index is 536. The standard InChI is InChI=1S/C17H25N3O/c1-12(2)17(3)16(20(4)5)18-14(15(21)19-17)11-13-9-7-6-8-10-13/h6-10,12,14H,11H2,1-5H3,(H,19,21)/t14-,17-/m0/s1. The van der Waals surface area contributed by atoms with Crippen molar-refractivity contribution >= 4 is 11.7 Å². The van der Waals surface area contributed by atoms with E-state index in [2.05, 4.69) is 19.2 Å². The summed E-state index contributed by atoms with van der Waals surface area (Å²) in [6.45, 7) is 6.26. The van der Waals surface area contributed by atoms with Crippen molar-refractivity contribution in [1.29, 1.82) is 0 Å². The van der Waals surface area contributed by atoms with Crippen LogP contribution in [0.5, 0.6) is 0 Å². The Morgan fingerprint density at radius 1 is 1.29 bits per heavy atom. The Hall–Kier alpha value is -1.84. The van der Waals surface area contributed by atoms with Gasteiger partial charge in [-0.2, -0.15) is 0 Å². The van der Waals surface area contributed by atoms with Crippen molar-refractivity contribution in [2.75, 3.05) is 14.1 Å². The van der Waals surface area contributed by atoms with E-state index in [1.807, 2.05) is 56.3 Å². The second-order valence-corrected chi connectivity index (χ2v) is 6.40. The Balaban J connectivity index is 2.32. The van der Waals surface area contributed by atoms with E-state index >= 15 is 0 Å². The number of hydrogen-bond donors (Lipinski definition) is 1. The van der Waals surface area contributed by atoms with E-state index in [-0.39, 0.29) is 17.9 Å². The van der Waals surface area contributed by atoms with Gasteiger partial charge in [-0.15, -0.1) is 0 Å². The van der Waals surface area contributed by atoms with Crippen molar-refractivity contribution in [2.45, 2.75) is 38.8 Å². The van der Waals surface area contributed by atoms with Crippen LogP contribution in [-0.4, -0.2) is 42.3 Å². The van der Waals surface area contributed by atoms with Crippen LogP contribution in [0.4, 0.5) is 0 Å². The molecule has 0 saturated heterocycles. The summed E-state index contributed by atoms with van der Waals surface area (Å²) in [5.74, 6) is 1.24. The van der Waals surface area contributed by atoms with E-state index in [4.69, 9.17) is 4.99 Å². The topological polar surface area (TPSA) is 44.7 Å². The van der Waals surface area contributed by atoms with Gasteiger partial charge < -0.3 is 10.2 Å². The average Bonchev–Trinajstić information content (AvgIpc) is 2.42. The predicted molar refractivity (Wildman–Crippen MR) is 86.4 cm³/mol. The molecule has 1 aromatic rings. The van der Waals surface area contributed by atoms with Gasteiger partial charge in [0.05, 0.1) is 5.54 Å². The van der Waals surface area contributed by atoms with Crippen molar-refractivity contribution in [1.82, 2.24) is 10.2 Å². The maximum atomic E-state index is 12.5. The number of likely N-dealkylation sites (N-methyl/N-ethyl adjacent to an activating group) is 1. The molecule has 1 amide bonds. The first kappa shape index (κ1) is 15.5. The molecule has 2 atom stereocenters. The SMILES string of the molecule is CC(C)[C@]1(C)NC(=O)[C@H](Cc2ccccc2)N=C1N(C)C. The van der Waals surface area contributed by atoms with Gasteiger partial charge in [0.1, 0.15) is 11.9 Å². The van der Waals surface area contributed by atoms with E-state index in [1.54, 1.807) is 0 Å². The highest BCUT2D eigenvalue weighted by atomic mass is 16.2. The van der Waals surface area contributed by atoms with Gasteiger partial charge in [-0.25, -0.2) is 0 Å². The molecule has 4 heteroatoms. The number of rotatable bonds is 3.